The lowest BCUT2D eigenvalue weighted by Gasteiger charge is -2.46. The maximum Gasteiger partial charge on any atom is 0.317 e. The third kappa shape index (κ3) is 4.03. The Balaban J connectivity index is 1.35. The number of carbonyl (C=O) groups is 2. The van der Waals surface area contributed by atoms with Crippen molar-refractivity contribution in [3.8, 4) is 0 Å². The maximum atomic E-state index is 12.7. The summed E-state index contributed by atoms with van der Waals surface area (Å²) in [5, 5.41) is 10.4. The maximum absolute atomic E-state index is 12.7. The summed E-state index contributed by atoms with van der Waals surface area (Å²) in [5.41, 5.74) is 2.99. The molecule has 0 aromatic carbocycles. The van der Waals surface area contributed by atoms with Gasteiger partial charge in [0.2, 0.25) is 5.91 Å². The number of ether oxygens (including phenoxy) is 1. The molecule has 4 heterocycles. The zero-order valence-corrected chi connectivity index (χ0v) is 17.5. The van der Waals surface area contributed by atoms with E-state index in [4.69, 9.17) is 4.74 Å². The van der Waals surface area contributed by atoms with Crippen molar-refractivity contribution in [1.29, 1.82) is 0 Å². The van der Waals surface area contributed by atoms with E-state index < -0.39 is 0 Å². The molecule has 0 radical (unpaired) electrons. The molecule has 0 saturated carbocycles. The summed E-state index contributed by atoms with van der Waals surface area (Å²) in [5.74, 6) is 0.732. The fourth-order valence-electron chi connectivity index (χ4n) is 4.99. The molecule has 3 saturated heterocycles. The van der Waals surface area contributed by atoms with Gasteiger partial charge in [-0.3, -0.25) is 9.48 Å². The van der Waals surface area contributed by atoms with E-state index in [1.807, 2.05) is 36.6 Å². The van der Waals surface area contributed by atoms with Crippen molar-refractivity contribution in [1.82, 2.24) is 25.3 Å². The number of rotatable bonds is 3. The van der Waals surface area contributed by atoms with Crippen molar-refractivity contribution < 1.29 is 14.3 Å². The molecule has 0 unspecified atom stereocenters. The molecule has 8 nitrogen and oxygen atoms in total. The highest BCUT2D eigenvalue weighted by Crippen LogP contribution is 2.33. The van der Waals surface area contributed by atoms with Gasteiger partial charge in [-0.2, -0.15) is 5.10 Å². The Bertz CT molecular complexity index is 809. The van der Waals surface area contributed by atoms with Crippen LogP contribution in [0.25, 0.3) is 6.08 Å². The number of nitrogens with zero attached hydrogens (tertiary/aromatic N) is 3. The van der Waals surface area contributed by atoms with Crippen LogP contribution in [0.4, 0.5) is 4.79 Å². The van der Waals surface area contributed by atoms with Crippen LogP contribution >= 0.6 is 0 Å². The number of amides is 3. The molecule has 158 valence electrons. The number of hydrogen-bond acceptors (Lipinski definition) is 4. The van der Waals surface area contributed by atoms with Crippen molar-refractivity contribution in [2.75, 3.05) is 19.7 Å². The molecule has 29 heavy (non-hydrogen) atoms. The third-order valence-corrected chi connectivity index (χ3v) is 6.72. The molecule has 0 spiro atoms. The fourth-order valence-corrected chi connectivity index (χ4v) is 4.99. The molecular weight excluding hydrogens is 370 g/mol. The minimum absolute atomic E-state index is 0.0410. The minimum atomic E-state index is -0.170. The van der Waals surface area contributed by atoms with Crippen molar-refractivity contribution in [3.63, 3.8) is 0 Å². The molecule has 3 fully saturated rings. The number of piperidine rings is 1. The summed E-state index contributed by atoms with van der Waals surface area (Å²) in [6.45, 7) is 6.11. The second kappa shape index (κ2) is 8.18. The van der Waals surface area contributed by atoms with E-state index in [0.717, 1.165) is 55.7 Å². The van der Waals surface area contributed by atoms with Crippen molar-refractivity contribution in [3.05, 3.63) is 23.0 Å². The Morgan fingerprint density at radius 3 is 2.66 bits per heavy atom. The SMILES string of the molecule is Cc1nn(C)c(C)c1C=CC(=O)N1CCC([C@@H]2NC(=O)N[C@H]3OCCC[C@H]32)CC1. The Morgan fingerprint density at radius 2 is 1.97 bits per heavy atom. The molecular formula is C21H31N5O3. The number of nitrogens with one attached hydrogen (secondary N) is 2. The molecule has 8 heteroatoms. The van der Waals surface area contributed by atoms with Crippen LogP contribution in [0, 0.1) is 25.7 Å². The molecule has 3 aliphatic heterocycles. The molecule has 3 aliphatic rings. The van der Waals surface area contributed by atoms with Crippen LogP contribution in [-0.2, 0) is 16.6 Å². The van der Waals surface area contributed by atoms with E-state index in [1.54, 1.807) is 6.08 Å². The summed E-state index contributed by atoms with van der Waals surface area (Å²) in [7, 11) is 1.91. The molecule has 0 bridgehead atoms. The highest BCUT2D eigenvalue weighted by Gasteiger charge is 2.43. The zero-order valence-electron chi connectivity index (χ0n) is 17.5. The summed E-state index contributed by atoms with van der Waals surface area (Å²) < 4.78 is 7.61. The predicted molar refractivity (Wildman–Crippen MR) is 109 cm³/mol. The lowest BCUT2D eigenvalue weighted by molar-refractivity contribution is -0.128. The third-order valence-electron chi connectivity index (χ3n) is 6.72. The topological polar surface area (TPSA) is 88.5 Å². The number of hydrogen-bond donors (Lipinski definition) is 2. The molecule has 3 amide bonds. The van der Waals surface area contributed by atoms with E-state index in [0.29, 0.717) is 18.4 Å². The number of carbonyl (C=O) groups excluding carboxylic acids is 2. The minimum Gasteiger partial charge on any atom is -0.358 e. The van der Waals surface area contributed by atoms with Gasteiger partial charge in [-0.05, 0) is 51.5 Å². The van der Waals surface area contributed by atoms with Gasteiger partial charge in [-0.1, -0.05) is 0 Å². The van der Waals surface area contributed by atoms with Crippen LogP contribution in [0.3, 0.4) is 0 Å². The predicted octanol–water partition coefficient (Wildman–Crippen LogP) is 1.72. The summed E-state index contributed by atoms with van der Waals surface area (Å²) in [6.07, 6.45) is 7.27. The van der Waals surface area contributed by atoms with E-state index in [-0.39, 0.29) is 24.2 Å². The van der Waals surface area contributed by atoms with Gasteiger partial charge in [-0.25, -0.2) is 4.79 Å². The summed E-state index contributed by atoms with van der Waals surface area (Å²) in [6, 6.07) is -0.00987. The van der Waals surface area contributed by atoms with Crippen LogP contribution in [-0.4, -0.2) is 58.6 Å². The first-order chi connectivity index (χ1) is 13.9. The second-order valence-electron chi connectivity index (χ2n) is 8.45. The number of likely N-dealkylation sites (tertiary alicyclic amines) is 1. The monoisotopic (exact) mass is 401 g/mol. The molecule has 0 aliphatic carbocycles. The Hall–Kier alpha value is -2.35. The zero-order chi connectivity index (χ0) is 20.5. The van der Waals surface area contributed by atoms with Gasteiger partial charge < -0.3 is 20.3 Å². The molecule has 2 N–H and O–H groups in total. The average Bonchev–Trinajstić information content (AvgIpc) is 2.97. The summed E-state index contributed by atoms with van der Waals surface area (Å²) >= 11 is 0. The van der Waals surface area contributed by atoms with Crippen LogP contribution in [0.2, 0.25) is 0 Å². The fraction of sp³-hybridized carbons (Fsp3) is 0.667. The van der Waals surface area contributed by atoms with E-state index in [9.17, 15) is 9.59 Å². The first-order valence-electron chi connectivity index (χ1n) is 10.6. The highest BCUT2D eigenvalue weighted by molar-refractivity contribution is 5.92. The van der Waals surface area contributed by atoms with Gasteiger partial charge in [0.15, 0.2) is 0 Å². The Kier molecular flexibility index (Phi) is 5.63. The lowest BCUT2D eigenvalue weighted by Crippen LogP contribution is -2.65. The van der Waals surface area contributed by atoms with E-state index in [2.05, 4.69) is 15.7 Å². The van der Waals surface area contributed by atoms with Crippen LogP contribution in [0.5, 0.6) is 0 Å². The first kappa shape index (κ1) is 19.9. The first-order valence-corrected chi connectivity index (χ1v) is 10.6. The van der Waals surface area contributed by atoms with Crippen LogP contribution in [0.1, 0.15) is 42.6 Å². The van der Waals surface area contributed by atoms with Gasteiger partial charge in [0.25, 0.3) is 0 Å². The van der Waals surface area contributed by atoms with Crippen molar-refractivity contribution in [2.24, 2.45) is 18.9 Å². The number of fused-ring (bicyclic) bond motifs is 1. The normalized spacial score (nSPS) is 28.2. The van der Waals surface area contributed by atoms with Gasteiger partial charge in [0.05, 0.1) is 5.69 Å². The molecule has 1 aromatic heterocycles. The number of urea groups is 1. The lowest BCUT2D eigenvalue weighted by atomic mass is 9.77. The van der Waals surface area contributed by atoms with Gasteiger partial charge >= 0.3 is 6.03 Å². The quantitative estimate of drug-likeness (QED) is 0.755. The smallest absolute Gasteiger partial charge is 0.317 e. The van der Waals surface area contributed by atoms with Crippen LogP contribution < -0.4 is 10.6 Å². The van der Waals surface area contributed by atoms with E-state index in [1.165, 1.54) is 0 Å². The standard InChI is InChI=1S/C21H31N5O3/c1-13-16(14(2)25(3)24-13)6-7-18(27)26-10-8-15(9-11-26)19-17-5-4-12-29-20(17)23-21(28)22-19/h6-7,15,17,19-20H,4-5,8-12H2,1-3H3,(H2,22,23,28)/t17-,19-,20-/m0/s1. The van der Waals surface area contributed by atoms with Gasteiger partial charge in [-0.15, -0.1) is 0 Å². The average molecular weight is 402 g/mol. The molecule has 1 aromatic rings. The largest absolute Gasteiger partial charge is 0.358 e. The molecule has 4 rings (SSSR count). The molecule has 3 atom stereocenters. The number of aryl methyl sites for hydroxylation is 2. The van der Waals surface area contributed by atoms with Crippen molar-refractivity contribution in [2.45, 2.75) is 51.8 Å². The van der Waals surface area contributed by atoms with E-state index >= 15 is 0 Å². The van der Waals surface area contributed by atoms with Crippen LogP contribution in [0.15, 0.2) is 6.08 Å². The summed E-state index contributed by atoms with van der Waals surface area (Å²) in [4.78, 5) is 26.6. The van der Waals surface area contributed by atoms with Crippen molar-refractivity contribution >= 4 is 18.0 Å². The second-order valence-corrected chi connectivity index (χ2v) is 8.45. The number of aromatic nitrogens is 2. The van der Waals surface area contributed by atoms with Gasteiger partial charge in [0, 0.05) is 56.0 Å². The highest BCUT2D eigenvalue weighted by atomic mass is 16.5. The van der Waals surface area contributed by atoms with Gasteiger partial charge in [0.1, 0.15) is 6.23 Å². The Morgan fingerprint density at radius 1 is 1.21 bits per heavy atom. The Labute approximate surface area is 171 Å².